The van der Waals surface area contributed by atoms with E-state index in [1.807, 2.05) is 44.2 Å². The van der Waals surface area contributed by atoms with Gasteiger partial charge in [-0.1, -0.05) is 36.4 Å². The molecule has 0 aliphatic heterocycles. The van der Waals surface area contributed by atoms with Crippen LogP contribution in [0.5, 0.6) is 0 Å². The number of benzene rings is 3. The first-order valence-corrected chi connectivity index (χ1v) is 12.4. The van der Waals surface area contributed by atoms with E-state index >= 15 is 0 Å². The van der Waals surface area contributed by atoms with Gasteiger partial charge in [0.15, 0.2) is 0 Å². The molecule has 6 nitrogen and oxygen atoms in total. The Morgan fingerprint density at radius 2 is 1.56 bits per heavy atom. The normalized spacial score (nSPS) is 11.8. The molecule has 0 fully saturated rings. The first kappa shape index (κ1) is 23.9. The van der Waals surface area contributed by atoms with Crippen molar-refractivity contribution in [3.05, 3.63) is 93.1 Å². The summed E-state index contributed by atoms with van der Waals surface area (Å²) in [6.45, 7) is 5.16. The number of sulfonamides is 1. The number of hydrogen-bond acceptors (Lipinski definition) is 4. The zero-order chi connectivity index (χ0) is 23.3. The van der Waals surface area contributed by atoms with Crippen molar-refractivity contribution < 1.29 is 13.2 Å². The maximum Gasteiger partial charge on any atom is 0.264 e. The highest BCUT2D eigenvalue weighted by molar-refractivity contribution is 14.1. The SMILES string of the molecule is C/C(=N/NC(=O)CN(c1cc(C)cc(C)c1)S(=O)(=O)c1ccccc1)c1ccc(I)cc1. The van der Waals surface area contributed by atoms with Crippen molar-refractivity contribution >= 4 is 49.9 Å². The lowest BCUT2D eigenvalue weighted by molar-refractivity contribution is -0.119. The van der Waals surface area contributed by atoms with Crippen LogP contribution in [-0.4, -0.2) is 26.6 Å². The summed E-state index contributed by atoms with van der Waals surface area (Å²) in [5, 5.41) is 4.15. The molecule has 3 aromatic carbocycles. The van der Waals surface area contributed by atoms with Crippen molar-refractivity contribution in [2.45, 2.75) is 25.7 Å². The zero-order valence-electron chi connectivity index (χ0n) is 18.0. The molecule has 0 bridgehead atoms. The van der Waals surface area contributed by atoms with E-state index in [4.69, 9.17) is 0 Å². The molecular formula is C24H24IN3O3S. The van der Waals surface area contributed by atoms with E-state index in [0.29, 0.717) is 11.4 Å². The third-order valence-corrected chi connectivity index (χ3v) is 7.23. The first-order chi connectivity index (χ1) is 15.2. The van der Waals surface area contributed by atoms with Crippen molar-refractivity contribution in [1.29, 1.82) is 0 Å². The molecule has 0 aliphatic carbocycles. The molecule has 0 saturated heterocycles. The number of hydrogen-bond donors (Lipinski definition) is 1. The number of amides is 1. The quantitative estimate of drug-likeness (QED) is 0.259. The van der Waals surface area contributed by atoms with E-state index in [2.05, 4.69) is 33.1 Å². The fourth-order valence-corrected chi connectivity index (χ4v) is 4.98. The van der Waals surface area contributed by atoms with Gasteiger partial charge in [-0.15, -0.1) is 0 Å². The fraction of sp³-hybridized carbons (Fsp3) is 0.167. The van der Waals surface area contributed by atoms with Gasteiger partial charge in [0.25, 0.3) is 15.9 Å². The topological polar surface area (TPSA) is 78.8 Å². The second-order valence-electron chi connectivity index (χ2n) is 7.41. The van der Waals surface area contributed by atoms with Gasteiger partial charge in [-0.25, -0.2) is 13.8 Å². The van der Waals surface area contributed by atoms with Crippen LogP contribution < -0.4 is 9.73 Å². The lowest BCUT2D eigenvalue weighted by atomic mass is 10.1. The minimum absolute atomic E-state index is 0.116. The Hall–Kier alpha value is -2.72. The molecule has 3 aromatic rings. The van der Waals surface area contributed by atoms with Gasteiger partial charge in [-0.3, -0.25) is 9.10 Å². The minimum atomic E-state index is -3.96. The predicted octanol–water partition coefficient (Wildman–Crippen LogP) is 4.64. The molecule has 3 rings (SSSR count). The van der Waals surface area contributed by atoms with Crippen LogP contribution in [0.15, 0.2) is 82.8 Å². The molecule has 0 spiro atoms. The van der Waals surface area contributed by atoms with E-state index in [-0.39, 0.29) is 4.90 Å². The summed E-state index contributed by atoms with van der Waals surface area (Å²) in [6.07, 6.45) is 0. The molecule has 0 aromatic heterocycles. The maximum absolute atomic E-state index is 13.4. The Morgan fingerprint density at radius 1 is 0.969 bits per heavy atom. The zero-order valence-corrected chi connectivity index (χ0v) is 21.0. The molecule has 0 radical (unpaired) electrons. The van der Waals surface area contributed by atoms with Crippen LogP contribution in [0.4, 0.5) is 5.69 Å². The molecule has 166 valence electrons. The van der Waals surface area contributed by atoms with Gasteiger partial charge in [0.05, 0.1) is 16.3 Å². The minimum Gasteiger partial charge on any atom is -0.271 e. The molecule has 1 N–H and O–H groups in total. The molecule has 0 saturated carbocycles. The lowest BCUT2D eigenvalue weighted by Gasteiger charge is -2.24. The number of carbonyl (C=O) groups is 1. The highest BCUT2D eigenvalue weighted by Gasteiger charge is 2.27. The number of aryl methyl sites for hydroxylation is 2. The number of halogens is 1. The lowest BCUT2D eigenvalue weighted by Crippen LogP contribution is -2.39. The third-order valence-electron chi connectivity index (χ3n) is 4.72. The largest absolute Gasteiger partial charge is 0.271 e. The third kappa shape index (κ3) is 5.95. The highest BCUT2D eigenvalue weighted by atomic mass is 127. The van der Waals surface area contributed by atoms with Crippen molar-refractivity contribution in [3.63, 3.8) is 0 Å². The van der Waals surface area contributed by atoms with Gasteiger partial charge in [0, 0.05) is 3.57 Å². The molecular weight excluding hydrogens is 537 g/mol. The Bertz CT molecular complexity index is 1220. The molecule has 0 heterocycles. The van der Waals surface area contributed by atoms with E-state index in [1.165, 1.54) is 12.1 Å². The van der Waals surface area contributed by atoms with Gasteiger partial charge < -0.3 is 0 Å². The standard InChI is InChI=1S/C24H24IN3O3S/c1-17-13-18(2)15-22(14-17)28(32(30,31)23-7-5-4-6-8-23)16-24(29)27-26-19(3)20-9-11-21(25)12-10-20/h4-15H,16H2,1-3H3,(H,27,29)/b26-19-. The Balaban J connectivity index is 1.89. The van der Waals surface area contributed by atoms with Crippen LogP contribution in [0.25, 0.3) is 0 Å². The van der Waals surface area contributed by atoms with Crippen LogP contribution in [0, 0.1) is 17.4 Å². The van der Waals surface area contributed by atoms with Gasteiger partial charge in [0.1, 0.15) is 6.54 Å². The Kier molecular flexibility index (Phi) is 7.68. The summed E-state index contributed by atoms with van der Waals surface area (Å²) in [5.41, 5.74) is 6.22. The fourth-order valence-electron chi connectivity index (χ4n) is 3.20. The maximum atomic E-state index is 13.4. The van der Waals surface area contributed by atoms with Crippen molar-refractivity contribution in [1.82, 2.24) is 5.43 Å². The van der Waals surface area contributed by atoms with Gasteiger partial charge in [-0.05, 0) is 96.5 Å². The van der Waals surface area contributed by atoms with E-state index < -0.39 is 22.5 Å². The smallest absolute Gasteiger partial charge is 0.264 e. The average molecular weight is 561 g/mol. The average Bonchev–Trinajstić information content (AvgIpc) is 2.76. The van der Waals surface area contributed by atoms with Crippen LogP contribution in [-0.2, 0) is 14.8 Å². The second-order valence-corrected chi connectivity index (χ2v) is 10.5. The van der Waals surface area contributed by atoms with Crippen molar-refractivity contribution in [3.8, 4) is 0 Å². The number of anilines is 1. The van der Waals surface area contributed by atoms with Crippen LogP contribution in [0.2, 0.25) is 0 Å². The first-order valence-electron chi connectivity index (χ1n) is 9.92. The van der Waals surface area contributed by atoms with Gasteiger partial charge in [-0.2, -0.15) is 5.10 Å². The van der Waals surface area contributed by atoms with E-state index in [1.54, 1.807) is 37.3 Å². The molecule has 32 heavy (non-hydrogen) atoms. The number of rotatable bonds is 7. The summed E-state index contributed by atoms with van der Waals surface area (Å²) in [5.74, 6) is -0.534. The summed E-state index contributed by atoms with van der Waals surface area (Å²) in [6, 6.07) is 21.3. The van der Waals surface area contributed by atoms with Crippen molar-refractivity contribution in [2.24, 2.45) is 5.10 Å². The number of hydrazone groups is 1. The van der Waals surface area contributed by atoms with E-state index in [0.717, 1.165) is 24.6 Å². The molecule has 0 aliphatic rings. The van der Waals surface area contributed by atoms with Crippen molar-refractivity contribution in [2.75, 3.05) is 10.8 Å². The van der Waals surface area contributed by atoms with Crippen LogP contribution in [0.1, 0.15) is 23.6 Å². The summed E-state index contributed by atoms with van der Waals surface area (Å²) >= 11 is 2.22. The van der Waals surface area contributed by atoms with Gasteiger partial charge in [0.2, 0.25) is 0 Å². The molecule has 0 atom stereocenters. The number of nitrogens with one attached hydrogen (secondary N) is 1. The Labute approximate surface area is 202 Å². The van der Waals surface area contributed by atoms with Gasteiger partial charge >= 0.3 is 0 Å². The summed E-state index contributed by atoms with van der Waals surface area (Å²) in [4.78, 5) is 12.9. The number of carbonyl (C=O) groups excluding carboxylic acids is 1. The predicted molar refractivity (Wildman–Crippen MR) is 136 cm³/mol. The number of nitrogens with zero attached hydrogens (tertiary/aromatic N) is 2. The van der Waals surface area contributed by atoms with Crippen LogP contribution >= 0.6 is 22.6 Å². The monoisotopic (exact) mass is 561 g/mol. The molecule has 8 heteroatoms. The second kappa shape index (κ2) is 10.3. The van der Waals surface area contributed by atoms with E-state index in [9.17, 15) is 13.2 Å². The molecule has 1 amide bonds. The summed E-state index contributed by atoms with van der Waals surface area (Å²) in [7, 11) is -3.96. The molecule has 0 unspecified atom stereocenters. The van der Waals surface area contributed by atoms with Crippen LogP contribution in [0.3, 0.4) is 0 Å². The summed E-state index contributed by atoms with van der Waals surface area (Å²) < 4.78 is 29.0. The highest BCUT2D eigenvalue weighted by Crippen LogP contribution is 2.25. The Morgan fingerprint density at radius 3 is 2.16 bits per heavy atom.